The lowest BCUT2D eigenvalue weighted by Crippen LogP contribution is -2.53. The van der Waals surface area contributed by atoms with Crippen LogP contribution in [0.2, 0.25) is 5.02 Å². The third-order valence-corrected chi connectivity index (χ3v) is 3.96. The van der Waals surface area contributed by atoms with Crippen molar-refractivity contribution in [3.05, 3.63) is 29.0 Å². The monoisotopic (exact) mass is 279 g/mol. The molecule has 2 saturated heterocycles. The van der Waals surface area contributed by atoms with Gasteiger partial charge in [-0.15, -0.1) is 0 Å². The van der Waals surface area contributed by atoms with Crippen molar-refractivity contribution in [2.45, 2.75) is 18.9 Å². The predicted molar refractivity (Wildman–Crippen MR) is 69.9 cm³/mol. The summed E-state index contributed by atoms with van der Waals surface area (Å²) in [6, 6.07) is 3.39. The first-order chi connectivity index (χ1) is 9.15. The topological polar surface area (TPSA) is 53.5 Å². The maximum Gasteiger partial charge on any atom is 0.272 e. The summed E-state index contributed by atoms with van der Waals surface area (Å²) in [6.07, 6.45) is 2.97. The summed E-state index contributed by atoms with van der Waals surface area (Å²) in [5.74, 6) is 0.0967. The fourth-order valence-corrected chi connectivity index (χ4v) is 2.89. The number of hydrogen-bond acceptors (Lipinski definition) is 3. The highest BCUT2D eigenvalue weighted by atomic mass is 35.5. The number of aromatic nitrogens is 1. The molecule has 0 bridgehead atoms. The van der Waals surface area contributed by atoms with Gasteiger partial charge in [0.05, 0.1) is 0 Å². The zero-order chi connectivity index (χ0) is 13.4. The number of rotatable bonds is 1. The average Bonchev–Trinajstić information content (AvgIpc) is 2.79. The van der Waals surface area contributed by atoms with Crippen molar-refractivity contribution in [3.8, 4) is 0 Å². The summed E-state index contributed by atoms with van der Waals surface area (Å²) in [5.41, 5.74) is 0.366. The Balaban J connectivity index is 1.74. The molecule has 0 radical (unpaired) electrons. The summed E-state index contributed by atoms with van der Waals surface area (Å²) >= 11 is 5.87. The molecule has 1 unspecified atom stereocenters. The van der Waals surface area contributed by atoms with Gasteiger partial charge in [0, 0.05) is 43.3 Å². The van der Waals surface area contributed by atoms with E-state index in [4.69, 9.17) is 11.6 Å². The number of halogens is 1. The Morgan fingerprint density at radius 1 is 1.42 bits per heavy atom. The molecule has 0 saturated carbocycles. The number of carbonyl (C=O) groups is 2. The van der Waals surface area contributed by atoms with Crippen LogP contribution in [-0.2, 0) is 4.79 Å². The van der Waals surface area contributed by atoms with Gasteiger partial charge < -0.3 is 9.80 Å². The van der Waals surface area contributed by atoms with E-state index in [2.05, 4.69) is 4.98 Å². The molecule has 1 atom stereocenters. The molecule has 3 rings (SSSR count). The summed E-state index contributed by atoms with van der Waals surface area (Å²) < 4.78 is 0. The fraction of sp³-hybridized carbons (Fsp3) is 0.462. The lowest BCUT2D eigenvalue weighted by molar-refractivity contribution is -0.130. The molecule has 2 amide bonds. The van der Waals surface area contributed by atoms with Crippen LogP contribution in [0.4, 0.5) is 0 Å². The van der Waals surface area contributed by atoms with Gasteiger partial charge in [0.15, 0.2) is 0 Å². The highest BCUT2D eigenvalue weighted by molar-refractivity contribution is 6.30. The molecule has 1 aromatic rings. The van der Waals surface area contributed by atoms with E-state index in [0.717, 1.165) is 6.42 Å². The summed E-state index contributed by atoms with van der Waals surface area (Å²) in [7, 11) is 0. The maximum absolute atomic E-state index is 12.3. The standard InChI is InChI=1S/C13H14ClN3O2/c14-9-3-4-15-11(7-9)13(19)16-5-6-17-10(8-16)1-2-12(17)18/h3-4,7,10H,1-2,5-6,8H2. The summed E-state index contributed by atoms with van der Waals surface area (Å²) in [5, 5.41) is 0.507. The van der Waals surface area contributed by atoms with E-state index in [1.165, 1.54) is 6.20 Å². The second-order valence-corrected chi connectivity index (χ2v) is 5.33. The third-order valence-electron chi connectivity index (χ3n) is 3.72. The quantitative estimate of drug-likeness (QED) is 0.776. The van der Waals surface area contributed by atoms with Crippen molar-refractivity contribution < 1.29 is 9.59 Å². The van der Waals surface area contributed by atoms with Crippen LogP contribution in [-0.4, -0.2) is 52.3 Å². The first-order valence-corrected chi connectivity index (χ1v) is 6.73. The van der Waals surface area contributed by atoms with Crippen molar-refractivity contribution >= 4 is 23.4 Å². The number of nitrogens with zero attached hydrogens (tertiary/aromatic N) is 3. The van der Waals surface area contributed by atoms with Crippen LogP contribution in [0.25, 0.3) is 0 Å². The molecule has 5 nitrogen and oxygen atoms in total. The normalized spacial score (nSPS) is 22.6. The Morgan fingerprint density at radius 3 is 3.05 bits per heavy atom. The molecule has 1 aromatic heterocycles. The van der Waals surface area contributed by atoms with Crippen LogP contribution < -0.4 is 0 Å². The number of pyridine rings is 1. The number of carbonyl (C=O) groups excluding carboxylic acids is 2. The highest BCUT2D eigenvalue weighted by Gasteiger charge is 2.37. The first-order valence-electron chi connectivity index (χ1n) is 6.35. The van der Waals surface area contributed by atoms with Gasteiger partial charge in [-0.25, -0.2) is 0 Å². The van der Waals surface area contributed by atoms with Crippen LogP contribution in [0.3, 0.4) is 0 Å². The van der Waals surface area contributed by atoms with Gasteiger partial charge in [-0.1, -0.05) is 11.6 Å². The molecule has 0 N–H and O–H groups in total. The zero-order valence-corrected chi connectivity index (χ0v) is 11.1. The summed E-state index contributed by atoms with van der Waals surface area (Å²) in [4.78, 5) is 31.6. The third kappa shape index (κ3) is 2.30. The SMILES string of the molecule is O=C(c1cc(Cl)ccn1)N1CCN2C(=O)CCC2C1. The van der Waals surface area contributed by atoms with Crippen LogP contribution in [0.5, 0.6) is 0 Å². The Labute approximate surface area is 116 Å². The second-order valence-electron chi connectivity index (χ2n) is 4.89. The van der Waals surface area contributed by atoms with Crippen LogP contribution in [0.1, 0.15) is 23.3 Å². The van der Waals surface area contributed by atoms with E-state index >= 15 is 0 Å². The highest BCUT2D eigenvalue weighted by Crippen LogP contribution is 2.23. The van der Waals surface area contributed by atoms with Crippen LogP contribution in [0, 0.1) is 0 Å². The minimum absolute atomic E-state index is 0.110. The van der Waals surface area contributed by atoms with Gasteiger partial charge in [0.25, 0.3) is 5.91 Å². The van der Waals surface area contributed by atoms with E-state index < -0.39 is 0 Å². The fourth-order valence-electron chi connectivity index (χ4n) is 2.73. The van der Waals surface area contributed by atoms with Gasteiger partial charge in [0.2, 0.25) is 5.91 Å². The van der Waals surface area contributed by atoms with Crippen LogP contribution in [0.15, 0.2) is 18.3 Å². The Bertz CT molecular complexity index is 534. The smallest absolute Gasteiger partial charge is 0.272 e. The minimum Gasteiger partial charge on any atom is -0.336 e. The van der Waals surface area contributed by atoms with Crippen LogP contribution >= 0.6 is 11.6 Å². The second kappa shape index (κ2) is 4.81. The minimum atomic E-state index is -0.110. The molecule has 100 valence electrons. The van der Waals surface area contributed by atoms with Gasteiger partial charge in [-0.2, -0.15) is 0 Å². The van der Waals surface area contributed by atoms with Gasteiger partial charge in [-0.3, -0.25) is 14.6 Å². The molecule has 2 aliphatic rings. The molecule has 0 aliphatic carbocycles. The van der Waals surface area contributed by atoms with Crippen molar-refractivity contribution in [2.24, 2.45) is 0 Å². The van der Waals surface area contributed by atoms with Crippen molar-refractivity contribution in [3.63, 3.8) is 0 Å². The molecule has 0 spiro atoms. The Hall–Kier alpha value is -1.62. The Kier molecular flexibility index (Phi) is 3.14. The lowest BCUT2D eigenvalue weighted by atomic mass is 10.1. The number of fused-ring (bicyclic) bond motifs is 1. The summed E-state index contributed by atoms with van der Waals surface area (Å²) in [6.45, 7) is 1.78. The molecule has 19 heavy (non-hydrogen) atoms. The van der Waals surface area contributed by atoms with Crippen molar-refractivity contribution in [1.29, 1.82) is 0 Å². The zero-order valence-electron chi connectivity index (χ0n) is 10.4. The maximum atomic E-state index is 12.3. The molecule has 0 aromatic carbocycles. The lowest BCUT2D eigenvalue weighted by Gasteiger charge is -2.37. The van der Waals surface area contributed by atoms with Crippen molar-refractivity contribution in [2.75, 3.05) is 19.6 Å². The molecule has 2 fully saturated rings. The molecule has 6 heteroatoms. The Morgan fingerprint density at radius 2 is 2.26 bits per heavy atom. The molecule has 2 aliphatic heterocycles. The molecule has 3 heterocycles. The average molecular weight is 280 g/mol. The number of piperazine rings is 1. The first kappa shape index (κ1) is 12.4. The number of hydrogen-bond donors (Lipinski definition) is 0. The largest absolute Gasteiger partial charge is 0.336 e. The van der Waals surface area contributed by atoms with Crippen molar-refractivity contribution in [1.82, 2.24) is 14.8 Å². The van der Waals surface area contributed by atoms with E-state index in [1.807, 2.05) is 4.90 Å². The molecular formula is C13H14ClN3O2. The van der Waals surface area contributed by atoms with E-state index in [9.17, 15) is 9.59 Å². The van der Waals surface area contributed by atoms with Gasteiger partial charge in [-0.05, 0) is 18.6 Å². The van der Waals surface area contributed by atoms with Gasteiger partial charge in [0.1, 0.15) is 5.69 Å². The van der Waals surface area contributed by atoms with E-state index in [-0.39, 0.29) is 17.9 Å². The number of amides is 2. The van der Waals surface area contributed by atoms with Gasteiger partial charge >= 0.3 is 0 Å². The molecular weight excluding hydrogens is 266 g/mol. The predicted octanol–water partition coefficient (Wildman–Crippen LogP) is 1.18. The van der Waals surface area contributed by atoms with E-state index in [1.54, 1.807) is 17.0 Å². The van der Waals surface area contributed by atoms with E-state index in [0.29, 0.717) is 36.8 Å².